The Labute approximate surface area is 145 Å². The van der Waals surface area contributed by atoms with E-state index in [4.69, 9.17) is 4.42 Å². The fourth-order valence-electron chi connectivity index (χ4n) is 3.55. The lowest BCUT2D eigenvalue weighted by molar-refractivity contribution is 0.0940. The number of aromatic nitrogens is 2. The van der Waals surface area contributed by atoms with Gasteiger partial charge >= 0.3 is 0 Å². The molecule has 0 fully saturated rings. The molecule has 0 spiro atoms. The molecule has 5 heteroatoms. The highest BCUT2D eigenvalue weighted by molar-refractivity contribution is 6.10. The number of nitrogens with zero attached hydrogens (tertiary/aromatic N) is 2. The van der Waals surface area contributed by atoms with Crippen molar-refractivity contribution in [3.05, 3.63) is 60.2 Å². The Balaban J connectivity index is 1.79. The quantitative estimate of drug-likeness (QED) is 0.606. The van der Waals surface area contributed by atoms with E-state index in [0.29, 0.717) is 18.3 Å². The molecule has 4 aromatic rings. The zero-order chi connectivity index (χ0) is 17.6. The number of benzene rings is 1. The third kappa shape index (κ3) is 2.43. The van der Waals surface area contributed by atoms with E-state index in [0.717, 1.165) is 16.8 Å². The van der Waals surface area contributed by atoms with Gasteiger partial charge in [0.05, 0.1) is 29.4 Å². The number of fused-ring (bicyclic) bond motifs is 3. The maximum absolute atomic E-state index is 12.7. The Morgan fingerprint density at radius 1 is 1.16 bits per heavy atom. The Morgan fingerprint density at radius 2 is 1.96 bits per heavy atom. The van der Waals surface area contributed by atoms with Crippen molar-refractivity contribution < 1.29 is 9.21 Å². The first kappa shape index (κ1) is 15.6. The average molecular weight is 335 g/mol. The molecule has 3 aromatic heterocycles. The van der Waals surface area contributed by atoms with Crippen LogP contribution in [0.3, 0.4) is 0 Å². The van der Waals surface area contributed by atoms with E-state index in [1.807, 2.05) is 35.9 Å². The van der Waals surface area contributed by atoms with E-state index in [1.165, 1.54) is 10.9 Å². The van der Waals surface area contributed by atoms with Gasteiger partial charge in [-0.05, 0) is 38.1 Å². The van der Waals surface area contributed by atoms with E-state index in [-0.39, 0.29) is 5.91 Å². The van der Waals surface area contributed by atoms with Crippen LogP contribution in [0, 0.1) is 0 Å². The lowest BCUT2D eigenvalue weighted by Gasteiger charge is -2.10. The molecule has 0 aliphatic carbocycles. The van der Waals surface area contributed by atoms with Gasteiger partial charge in [-0.3, -0.25) is 4.79 Å². The molecule has 0 saturated carbocycles. The van der Waals surface area contributed by atoms with Crippen LogP contribution in [0.25, 0.3) is 21.9 Å². The molecule has 5 nitrogen and oxygen atoms in total. The highest BCUT2D eigenvalue weighted by Gasteiger charge is 2.20. The number of rotatable bonds is 4. The van der Waals surface area contributed by atoms with E-state index in [2.05, 4.69) is 41.9 Å². The smallest absolute Gasteiger partial charge is 0.268 e. The van der Waals surface area contributed by atoms with Crippen LogP contribution in [0.2, 0.25) is 0 Å². The number of para-hydroxylation sites is 1. The lowest BCUT2D eigenvalue weighted by Crippen LogP contribution is -2.24. The highest BCUT2D eigenvalue weighted by atomic mass is 16.3. The first-order valence-electron chi connectivity index (χ1n) is 8.47. The molecule has 128 valence electrons. The molecule has 4 rings (SSSR count). The van der Waals surface area contributed by atoms with Gasteiger partial charge in [0, 0.05) is 18.5 Å². The van der Waals surface area contributed by atoms with E-state index >= 15 is 0 Å². The summed E-state index contributed by atoms with van der Waals surface area (Å²) in [4.78, 5) is 12.7. The molecule has 0 saturated heterocycles. The summed E-state index contributed by atoms with van der Waals surface area (Å²) in [6, 6.07) is 14.3. The minimum absolute atomic E-state index is 0.102. The van der Waals surface area contributed by atoms with Gasteiger partial charge < -0.3 is 18.9 Å². The monoisotopic (exact) mass is 335 g/mol. The maximum atomic E-state index is 12.7. The largest absolute Gasteiger partial charge is 0.467 e. The number of aryl methyl sites for hydroxylation is 1. The SMILES string of the molecule is CC(C)n1c2ccccc2c2c1cc(C(=O)NCc1ccco1)n2C. The van der Waals surface area contributed by atoms with Gasteiger partial charge in [0.1, 0.15) is 11.5 Å². The summed E-state index contributed by atoms with van der Waals surface area (Å²) in [5, 5.41) is 4.09. The van der Waals surface area contributed by atoms with Gasteiger partial charge in [0.25, 0.3) is 5.91 Å². The van der Waals surface area contributed by atoms with Gasteiger partial charge in [-0.25, -0.2) is 0 Å². The molecule has 0 aliphatic heterocycles. The van der Waals surface area contributed by atoms with Crippen molar-refractivity contribution >= 4 is 27.8 Å². The number of carbonyl (C=O) groups is 1. The van der Waals surface area contributed by atoms with Gasteiger partial charge in [-0.2, -0.15) is 0 Å². The number of hydrogen-bond acceptors (Lipinski definition) is 2. The van der Waals surface area contributed by atoms with Crippen molar-refractivity contribution in [2.45, 2.75) is 26.4 Å². The van der Waals surface area contributed by atoms with Crippen LogP contribution in [0.4, 0.5) is 0 Å². The van der Waals surface area contributed by atoms with Crippen LogP contribution >= 0.6 is 0 Å². The summed E-state index contributed by atoms with van der Waals surface area (Å²) >= 11 is 0. The molecule has 0 aliphatic rings. The summed E-state index contributed by atoms with van der Waals surface area (Å²) in [5.74, 6) is 0.638. The number of furan rings is 1. The molecular formula is C20H21N3O2. The molecule has 1 amide bonds. The summed E-state index contributed by atoms with van der Waals surface area (Å²) < 4.78 is 9.54. The molecule has 0 atom stereocenters. The zero-order valence-electron chi connectivity index (χ0n) is 14.6. The normalized spacial score (nSPS) is 11.7. The maximum Gasteiger partial charge on any atom is 0.268 e. The van der Waals surface area contributed by atoms with Crippen LogP contribution in [-0.2, 0) is 13.6 Å². The summed E-state index contributed by atoms with van der Waals surface area (Å²) in [6.45, 7) is 4.71. The predicted molar refractivity (Wildman–Crippen MR) is 98.7 cm³/mol. The fraction of sp³-hybridized carbons (Fsp3) is 0.250. The van der Waals surface area contributed by atoms with Gasteiger partial charge in [-0.15, -0.1) is 0 Å². The lowest BCUT2D eigenvalue weighted by atomic mass is 10.2. The Bertz CT molecular complexity index is 1050. The second kappa shape index (κ2) is 5.84. The van der Waals surface area contributed by atoms with E-state index in [9.17, 15) is 4.79 Å². The van der Waals surface area contributed by atoms with Crippen molar-refractivity contribution in [2.24, 2.45) is 7.05 Å². The van der Waals surface area contributed by atoms with Crippen molar-refractivity contribution in [1.82, 2.24) is 14.5 Å². The van der Waals surface area contributed by atoms with Crippen LogP contribution in [0.1, 0.15) is 36.1 Å². The second-order valence-corrected chi connectivity index (χ2v) is 6.57. The summed E-state index contributed by atoms with van der Waals surface area (Å²) in [5.41, 5.74) is 4.02. The van der Waals surface area contributed by atoms with Crippen molar-refractivity contribution in [3.8, 4) is 0 Å². The van der Waals surface area contributed by atoms with Gasteiger partial charge in [0.2, 0.25) is 0 Å². The Kier molecular flexibility index (Phi) is 3.64. The number of amides is 1. The van der Waals surface area contributed by atoms with Crippen LogP contribution in [0.5, 0.6) is 0 Å². The minimum atomic E-state index is -0.102. The molecule has 3 heterocycles. The molecule has 0 bridgehead atoms. The van der Waals surface area contributed by atoms with Crippen molar-refractivity contribution in [2.75, 3.05) is 0 Å². The molecule has 1 N–H and O–H groups in total. The van der Waals surface area contributed by atoms with Crippen molar-refractivity contribution in [1.29, 1.82) is 0 Å². The average Bonchev–Trinajstić information content (AvgIpc) is 3.28. The first-order chi connectivity index (χ1) is 12.1. The van der Waals surface area contributed by atoms with E-state index in [1.54, 1.807) is 6.26 Å². The van der Waals surface area contributed by atoms with Gasteiger partial charge in [0.15, 0.2) is 0 Å². The first-order valence-corrected chi connectivity index (χ1v) is 8.47. The molecule has 1 aromatic carbocycles. The number of hydrogen-bond donors (Lipinski definition) is 1. The fourth-order valence-corrected chi connectivity index (χ4v) is 3.55. The number of carbonyl (C=O) groups excluding carboxylic acids is 1. The van der Waals surface area contributed by atoms with Crippen LogP contribution in [-0.4, -0.2) is 15.0 Å². The van der Waals surface area contributed by atoms with Gasteiger partial charge in [-0.1, -0.05) is 18.2 Å². The van der Waals surface area contributed by atoms with Crippen molar-refractivity contribution in [3.63, 3.8) is 0 Å². The third-order valence-corrected chi connectivity index (χ3v) is 4.64. The summed E-state index contributed by atoms with van der Waals surface area (Å²) in [6.07, 6.45) is 1.61. The second-order valence-electron chi connectivity index (χ2n) is 6.57. The third-order valence-electron chi connectivity index (χ3n) is 4.64. The molecule has 0 radical (unpaired) electrons. The molecular weight excluding hydrogens is 314 g/mol. The van der Waals surface area contributed by atoms with Crippen LogP contribution in [0.15, 0.2) is 53.1 Å². The predicted octanol–water partition coefficient (Wildman–Crippen LogP) is 4.24. The van der Waals surface area contributed by atoms with E-state index < -0.39 is 0 Å². The topological polar surface area (TPSA) is 52.1 Å². The Hall–Kier alpha value is -2.95. The summed E-state index contributed by atoms with van der Waals surface area (Å²) in [7, 11) is 1.95. The molecule has 25 heavy (non-hydrogen) atoms. The Morgan fingerprint density at radius 3 is 2.68 bits per heavy atom. The van der Waals surface area contributed by atoms with Crippen LogP contribution < -0.4 is 5.32 Å². The standard InChI is InChI=1S/C20H21N3O2/c1-13(2)23-16-9-5-4-8-15(16)19-17(23)11-18(22(19)3)20(24)21-12-14-7-6-10-25-14/h4-11,13H,12H2,1-3H3,(H,21,24). The molecule has 0 unspecified atom stereocenters. The minimum Gasteiger partial charge on any atom is -0.467 e. The highest BCUT2D eigenvalue weighted by Crippen LogP contribution is 2.33. The number of nitrogens with one attached hydrogen (secondary N) is 1. The zero-order valence-corrected chi connectivity index (χ0v) is 14.6.